The van der Waals surface area contributed by atoms with Crippen molar-refractivity contribution in [2.75, 3.05) is 25.5 Å². The van der Waals surface area contributed by atoms with E-state index in [4.69, 9.17) is 9.47 Å². The van der Waals surface area contributed by atoms with E-state index in [-0.39, 0.29) is 42.3 Å². The van der Waals surface area contributed by atoms with Crippen LogP contribution in [0.1, 0.15) is 48.8 Å². The fourth-order valence-electron chi connectivity index (χ4n) is 5.51. The maximum absolute atomic E-state index is 15.6. The highest BCUT2D eigenvalue weighted by atomic mass is 19.4. The summed E-state index contributed by atoms with van der Waals surface area (Å²) in [5.74, 6) is -5.22. The van der Waals surface area contributed by atoms with Gasteiger partial charge in [-0.05, 0) is 69.2 Å². The van der Waals surface area contributed by atoms with Gasteiger partial charge in [-0.2, -0.15) is 26.6 Å². The van der Waals surface area contributed by atoms with Crippen molar-refractivity contribution in [3.8, 4) is 28.6 Å². The predicted octanol–water partition coefficient (Wildman–Crippen LogP) is 7.42. The lowest BCUT2D eigenvalue weighted by molar-refractivity contribution is -0.137. The molecule has 2 aromatic carbocycles. The number of anilines is 1. The first-order chi connectivity index (χ1) is 24.8. The van der Waals surface area contributed by atoms with Gasteiger partial charge in [0.1, 0.15) is 45.7 Å². The third kappa shape index (κ3) is 8.31. The molecular weight excluding hydrogens is 719 g/mol. The molecule has 0 saturated heterocycles. The highest BCUT2D eigenvalue weighted by Gasteiger charge is 2.38. The van der Waals surface area contributed by atoms with Crippen LogP contribution in [0.25, 0.3) is 22.6 Å². The number of hydrogen-bond donors (Lipinski definition) is 1. The molecule has 2 aromatic heterocycles. The fourth-order valence-corrected chi connectivity index (χ4v) is 5.51. The molecule has 0 spiro atoms. The number of ether oxygens (including phenoxy) is 3. The number of pyridine rings is 1. The van der Waals surface area contributed by atoms with Gasteiger partial charge in [-0.1, -0.05) is 6.08 Å². The van der Waals surface area contributed by atoms with Gasteiger partial charge in [-0.15, -0.1) is 0 Å². The van der Waals surface area contributed by atoms with Crippen LogP contribution in [0, 0.1) is 11.6 Å². The number of hydrogen-bond acceptors (Lipinski definition) is 7. The molecule has 0 unspecified atom stereocenters. The minimum atomic E-state index is -5.10. The van der Waals surface area contributed by atoms with Gasteiger partial charge in [0.2, 0.25) is 0 Å². The number of amides is 2. The summed E-state index contributed by atoms with van der Waals surface area (Å²) in [5, 5.41) is 2.22. The number of alkyl halides is 5. The van der Waals surface area contributed by atoms with E-state index in [2.05, 4.69) is 15.0 Å². The third-order valence-corrected chi connectivity index (χ3v) is 7.91. The van der Waals surface area contributed by atoms with Crippen LogP contribution in [0.15, 0.2) is 59.4 Å². The Kier molecular flexibility index (Phi) is 10.6. The van der Waals surface area contributed by atoms with Crippen molar-refractivity contribution in [1.82, 2.24) is 19.2 Å². The molecule has 11 nitrogen and oxygen atoms in total. The summed E-state index contributed by atoms with van der Waals surface area (Å²) >= 11 is 0. The average molecular weight is 752 g/mol. The largest absolute Gasteiger partial charge is 0.497 e. The number of nitrogens with zero attached hydrogens (tertiary/aromatic N) is 4. The zero-order valence-corrected chi connectivity index (χ0v) is 28.8. The number of methoxy groups -OCH3 is 1. The minimum Gasteiger partial charge on any atom is -0.497 e. The molecule has 282 valence electrons. The summed E-state index contributed by atoms with van der Waals surface area (Å²) in [6, 6.07) is 7.45. The van der Waals surface area contributed by atoms with Crippen LogP contribution in [0.2, 0.25) is 0 Å². The van der Waals surface area contributed by atoms with Crippen LogP contribution in [-0.2, 0) is 18.0 Å². The van der Waals surface area contributed by atoms with Crippen molar-refractivity contribution in [2.45, 2.75) is 45.6 Å². The maximum Gasteiger partial charge on any atom is 0.420 e. The van der Waals surface area contributed by atoms with Gasteiger partial charge in [-0.3, -0.25) is 14.3 Å². The van der Waals surface area contributed by atoms with Crippen LogP contribution >= 0.6 is 0 Å². The van der Waals surface area contributed by atoms with Crippen molar-refractivity contribution in [1.29, 1.82) is 0 Å². The molecule has 0 atom stereocenters. The lowest BCUT2D eigenvalue weighted by Crippen LogP contribution is -2.39. The molecule has 5 rings (SSSR count). The van der Waals surface area contributed by atoms with Crippen LogP contribution in [-0.4, -0.2) is 63.7 Å². The second kappa shape index (κ2) is 14.7. The summed E-state index contributed by atoms with van der Waals surface area (Å²) in [4.78, 5) is 45.6. The zero-order chi connectivity index (χ0) is 39.0. The second-order valence-electron chi connectivity index (χ2n) is 12.7. The van der Waals surface area contributed by atoms with E-state index in [1.807, 2.05) is 0 Å². The Hall–Kier alpha value is -5.81. The average Bonchev–Trinajstić information content (AvgIpc) is 3.30. The molecule has 0 aliphatic carbocycles. The summed E-state index contributed by atoms with van der Waals surface area (Å²) in [6.45, 7) is 2.10. The monoisotopic (exact) mass is 751 g/mol. The normalized spacial score (nSPS) is 13.5. The number of carbonyl (C=O) groups is 2. The Morgan fingerprint density at radius 3 is 2.13 bits per heavy atom. The Morgan fingerprint density at radius 1 is 0.962 bits per heavy atom. The van der Waals surface area contributed by atoms with E-state index >= 15 is 8.78 Å². The molecule has 1 N–H and O–H groups in total. The SMILES string of the molecule is COc1cc(F)c(-c2c(NC(=O)c3ccc(OC(F)F)cc3)c(=O)n(-c3nc(C4=CCN(C(=O)OC(C)(C)C)CC4)ccc3C(F)(F)F)n2C)c(F)c1. The molecule has 0 bridgehead atoms. The van der Waals surface area contributed by atoms with E-state index in [9.17, 15) is 36.3 Å². The summed E-state index contributed by atoms with van der Waals surface area (Å²) in [6.07, 6.45) is -3.98. The number of halogens is 7. The van der Waals surface area contributed by atoms with E-state index in [1.165, 1.54) is 4.90 Å². The Morgan fingerprint density at radius 2 is 1.60 bits per heavy atom. The van der Waals surface area contributed by atoms with Crippen LogP contribution in [0.4, 0.5) is 41.2 Å². The molecule has 0 radical (unpaired) electrons. The first-order valence-electron chi connectivity index (χ1n) is 15.8. The van der Waals surface area contributed by atoms with Gasteiger partial charge in [0.15, 0.2) is 5.82 Å². The highest BCUT2D eigenvalue weighted by molar-refractivity contribution is 6.06. The Labute approximate surface area is 297 Å². The lowest BCUT2D eigenvalue weighted by Gasteiger charge is -2.29. The molecule has 2 amide bonds. The summed E-state index contributed by atoms with van der Waals surface area (Å²) in [5.41, 5.74) is -5.73. The van der Waals surface area contributed by atoms with Gasteiger partial charge in [0.25, 0.3) is 11.5 Å². The van der Waals surface area contributed by atoms with Crippen molar-refractivity contribution in [3.05, 3.63) is 93.4 Å². The van der Waals surface area contributed by atoms with E-state index in [0.717, 1.165) is 56.6 Å². The fraction of sp³-hybridized carbons (Fsp3) is 0.314. The lowest BCUT2D eigenvalue weighted by atomic mass is 10.0. The third-order valence-electron chi connectivity index (χ3n) is 7.91. The minimum absolute atomic E-state index is 0.00462. The van der Waals surface area contributed by atoms with Crippen molar-refractivity contribution in [2.24, 2.45) is 7.05 Å². The van der Waals surface area contributed by atoms with E-state index in [0.29, 0.717) is 21.0 Å². The van der Waals surface area contributed by atoms with Crippen molar-refractivity contribution < 1.29 is 54.5 Å². The number of aromatic nitrogens is 3. The molecule has 18 heteroatoms. The number of nitrogens with one attached hydrogen (secondary N) is 1. The first kappa shape index (κ1) is 38.4. The van der Waals surface area contributed by atoms with Crippen LogP contribution < -0.4 is 20.3 Å². The van der Waals surface area contributed by atoms with E-state index < -0.39 is 75.9 Å². The molecule has 0 saturated carbocycles. The summed E-state index contributed by atoms with van der Waals surface area (Å²) in [7, 11) is 2.18. The predicted molar refractivity (Wildman–Crippen MR) is 177 cm³/mol. The molecule has 1 aliphatic heterocycles. The summed E-state index contributed by atoms with van der Waals surface area (Å²) < 4.78 is 116. The number of rotatable bonds is 8. The van der Waals surface area contributed by atoms with Gasteiger partial charge in [-0.25, -0.2) is 18.6 Å². The Bertz CT molecular complexity index is 2110. The second-order valence-corrected chi connectivity index (χ2v) is 12.7. The molecule has 1 aliphatic rings. The molecule has 3 heterocycles. The number of benzene rings is 2. The smallest absolute Gasteiger partial charge is 0.420 e. The van der Waals surface area contributed by atoms with Crippen molar-refractivity contribution in [3.63, 3.8) is 0 Å². The molecular formula is C35H32F7N5O6. The highest BCUT2D eigenvalue weighted by Crippen LogP contribution is 2.38. The standard InChI is InChI=1S/C35H32F7N5O6/c1-34(2,3)53-33(50)46-14-12-18(13-15-46)25-11-10-22(35(40,41)42)29(43-25)47-31(49)27(44-30(48)19-6-8-20(9-7-19)52-32(38)39)28(45(47)4)26-23(36)16-21(51-5)17-24(26)37/h6-12,16-17,32H,13-15H2,1-5H3,(H,44,48). The topological polar surface area (TPSA) is 117 Å². The van der Waals surface area contributed by atoms with Gasteiger partial charge >= 0.3 is 18.9 Å². The molecule has 4 aromatic rings. The van der Waals surface area contributed by atoms with E-state index in [1.54, 1.807) is 26.8 Å². The Balaban J connectivity index is 1.66. The quantitative estimate of drug-likeness (QED) is 0.186. The zero-order valence-electron chi connectivity index (χ0n) is 28.8. The number of carbonyl (C=O) groups excluding carboxylic acids is 2. The molecule has 53 heavy (non-hydrogen) atoms. The van der Waals surface area contributed by atoms with Crippen LogP contribution in [0.3, 0.4) is 0 Å². The molecule has 0 fully saturated rings. The van der Waals surface area contributed by atoms with Gasteiger partial charge in [0, 0.05) is 37.8 Å². The first-order valence-corrected chi connectivity index (χ1v) is 15.8. The van der Waals surface area contributed by atoms with Gasteiger partial charge in [0.05, 0.1) is 18.4 Å². The van der Waals surface area contributed by atoms with Gasteiger partial charge < -0.3 is 24.4 Å². The van der Waals surface area contributed by atoms with Crippen LogP contribution in [0.5, 0.6) is 11.5 Å². The van der Waals surface area contributed by atoms with Crippen molar-refractivity contribution >= 4 is 23.3 Å². The maximum atomic E-state index is 15.6.